The number of esters is 1. The first-order valence-electron chi connectivity index (χ1n) is 10.1. The third-order valence-electron chi connectivity index (χ3n) is 4.57. The maximum atomic E-state index is 12.5. The Hall–Kier alpha value is -1.91. The molecule has 0 bridgehead atoms. The summed E-state index contributed by atoms with van der Waals surface area (Å²) in [7, 11) is 3.32. The summed E-state index contributed by atoms with van der Waals surface area (Å²) in [5, 5.41) is 8.72. The third kappa shape index (κ3) is 7.10. The van der Waals surface area contributed by atoms with E-state index >= 15 is 0 Å². The highest BCUT2D eigenvalue weighted by Gasteiger charge is 2.22. The molecule has 0 radical (unpaired) electrons. The van der Waals surface area contributed by atoms with E-state index in [0.29, 0.717) is 32.5 Å². The maximum Gasteiger partial charge on any atom is 0.306 e. The average molecular weight is 443 g/mol. The fraction of sp³-hybridized carbons (Fsp3) is 0.375. The fourth-order valence-corrected chi connectivity index (χ4v) is 4.78. The normalized spacial score (nSPS) is 14.5. The minimum Gasteiger partial charge on any atom is -0.457 e. The molecule has 1 atom stereocenters. The van der Waals surface area contributed by atoms with E-state index < -0.39 is 0 Å². The molecule has 6 heteroatoms. The summed E-state index contributed by atoms with van der Waals surface area (Å²) in [4.78, 5) is 12.5. The topological polar surface area (TPSA) is 55.8 Å². The van der Waals surface area contributed by atoms with Gasteiger partial charge in [-0.2, -0.15) is 0 Å². The van der Waals surface area contributed by atoms with Crippen molar-refractivity contribution < 1.29 is 19.4 Å². The highest BCUT2D eigenvalue weighted by molar-refractivity contribution is 8.76. The van der Waals surface area contributed by atoms with Crippen molar-refractivity contribution in [2.24, 2.45) is 0 Å². The van der Waals surface area contributed by atoms with Crippen LogP contribution in [0.15, 0.2) is 48.5 Å². The van der Waals surface area contributed by atoms with Crippen LogP contribution >= 0.6 is 21.6 Å². The molecule has 0 fully saturated rings. The highest BCUT2D eigenvalue weighted by Crippen LogP contribution is 2.29. The van der Waals surface area contributed by atoms with Gasteiger partial charge >= 0.3 is 5.97 Å². The third-order valence-corrected chi connectivity index (χ3v) is 6.92. The molecule has 0 spiro atoms. The lowest BCUT2D eigenvalue weighted by Crippen LogP contribution is -2.16. The lowest BCUT2D eigenvalue weighted by molar-refractivity contribution is -0.149. The minimum absolute atomic E-state index is 0.199. The smallest absolute Gasteiger partial charge is 0.306 e. The van der Waals surface area contributed by atoms with Crippen molar-refractivity contribution in [1.29, 1.82) is 0 Å². The van der Waals surface area contributed by atoms with Crippen LogP contribution in [-0.4, -0.2) is 42.4 Å². The molecule has 1 aliphatic rings. The average Bonchev–Trinajstić information content (AvgIpc) is 2.76. The number of benzene rings is 2. The number of carbonyl (C=O) groups is 1. The molecule has 0 amide bonds. The van der Waals surface area contributed by atoms with Gasteiger partial charge in [-0.1, -0.05) is 69.8 Å². The number of hydrogen-bond donors (Lipinski definition) is 1. The standard InChI is InChI=1S/C24H26O4S2/c25-13-16-29-30-17-15-27-14-5-10-24(26)28-23-18-21-8-2-1-6-19(21)11-12-20-7-3-4-9-22(20)23/h1-4,6-9,23,25H,5,10,13-18H2. The van der Waals surface area contributed by atoms with E-state index in [2.05, 4.69) is 11.8 Å². The summed E-state index contributed by atoms with van der Waals surface area (Å²) in [6.07, 6.45) is 1.24. The van der Waals surface area contributed by atoms with Gasteiger partial charge in [-0.15, -0.1) is 0 Å². The molecule has 0 saturated heterocycles. The maximum absolute atomic E-state index is 12.5. The van der Waals surface area contributed by atoms with Gasteiger partial charge in [0, 0.05) is 47.6 Å². The van der Waals surface area contributed by atoms with E-state index in [0.717, 1.165) is 33.8 Å². The summed E-state index contributed by atoms with van der Waals surface area (Å²) in [5.41, 5.74) is 3.94. The molecule has 30 heavy (non-hydrogen) atoms. The van der Waals surface area contributed by atoms with Crippen LogP contribution in [0, 0.1) is 11.8 Å². The summed E-state index contributed by atoms with van der Waals surface area (Å²) < 4.78 is 11.5. The van der Waals surface area contributed by atoms with Crippen LogP contribution in [0.4, 0.5) is 0 Å². The first-order valence-corrected chi connectivity index (χ1v) is 12.6. The van der Waals surface area contributed by atoms with Gasteiger partial charge in [0.15, 0.2) is 0 Å². The monoisotopic (exact) mass is 442 g/mol. The number of aliphatic hydroxyl groups excluding tert-OH is 1. The Labute approximate surface area is 186 Å². The van der Waals surface area contributed by atoms with Gasteiger partial charge < -0.3 is 14.6 Å². The number of rotatable bonds is 11. The largest absolute Gasteiger partial charge is 0.457 e. The van der Waals surface area contributed by atoms with E-state index in [9.17, 15) is 4.79 Å². The number of carbonyl (C=O) groups excluding carboxylic acids is 1. The molecule has 1 unspecified atom stereocenters. The van der Waals surface area contributed by atoms with Crippen LogP contribution < -0.4 is 0 Å². The molecular weight excluding hydrogens is 416 g/mol. The molecule has 2 aromatic carbocycles. The lowest BCUT2D eigenvalue weighted by Gasteiger charge is -2.22. The predicted molar refractivity (Wildman–Crippen MR) is 123 cm³/mol. The van der Waals surface area contributed by atoms with E-state index in [1.54, 1.807) is 21.6 Å². The first kappa shape index (κ1) is 22.8. The van der Waals surface area contributed by atoms with Crippen molar-refractivity contribution in [2.75, 3.05) is 31.3 Å². The van der Waals surface area contributed by atoms with Gasteiger partial charge in [-0.25, -0.2) is 0 Å². The van der Waals surface area contributed by atoms with Gasteiger partial charge in [0.2, 0.25) is 0 Å². The number of fused-ring (bicyclic) bond motifs is 2. The summed E-state index contributed by atoms with van der Waals surface area (Å²) in [5.74, 6) is 7.86. The molecule has 1 N–H and O–H groups in total. The van der Waals surface area contributed by atoms with Gasteiger partial charge in [0.25, 0.3) is 0 Å². The molecule has 1 aliphatic carbocycles. The molecular formula is C24H26O4S2. The number of hydrogen-bond acceptors (Lipinski definition) is 6. The number of aliphatic hydroxyl groups is 1. The van der Waals surface area contributed by atoms with E-state index in [-0.39, 0.29) is 18.7 Å². The highest BCUT2D eigenvalue weighted by atomic mass is 33.1. The van der Waals surface area contributed by atoms with Gasteiger partial charge in [0.05, 0.1) is 13.2 Å². The van der Waals surface area contributed by atoms with E-state index in [1.165, 1.54) is 0 Å². The van der Waals surface area contributed by atoms with Crippen molar-refractivity contribution in [3.63, 3.8) is 0 Å². The molecule has 0 aromatic heterocycles. The zero-order valence-electron chi connectivity index (χ0n) is 16.8. The first-order chi connectivity index (χ1) is 14.8. The Morgan fingerprint density at radius 2 is 1.73 bits per heavy atom. The van der Waals surface area contributed by atoms with E-state index in [4.69, 9.17) is 14.6 Å². The Morgan fingerprint density at radius 3 is 2.60 bits per heavy atom. The Kier molecular flexibility index (Phi) is 9.65. The van der Waals surface area contributed by atoms with Crippen LogP contribution in [0.1, 0.15) is 41.2 Å². The quantitative estimate of drug-likeness (QED) is 0.241. The zero-order chi connectivity index (χ0) is 21.0. The van der Waals surface area contributed by atoms with Crippen molar-refractivity contribution >= 4 is 27.6 Å². The van der Waals surface area contributed by atoms with Crippen LogP contribution in [-0.2, 0) is 20.7 Å². The van der Waals surface area contributed by atoms with Crippen LogP contribution in [0.3, 0.4) is 0 Å². The zero-order valence-corrected chi connectivity index (χ0v) is 18.5. The summed E-state index contributed by atoms with van der Waals surface area (Å²) >= 11 is 0. The Morgan fingerprint density at radius 1 is 1.00 bits per heavy atom. The second kappa shape index (κ2) is 12.7. The molecule has 0 aliphatic heterocycles. The SMILES string of the molecule is O=C(CCCOCCSSCCO)OC1Cc2ccccc2C#Cc2ccccc21. The Bertz CT molecular complexity index is 888. The second-order valence-electron chi connectivity index (χ2n) is 6.76. The van der Waals surface area contributed by atoms with Crippen molar-refractivity contribution in [2.45, 2.75) is 25.4 Å². The van der Waals surface area contributed by atoms with Crippen LogP contribution in [0.25, 0.3) is 0 Å². The van der Waals surface area contributed by atoms with E-state index in [1.807, 2.05) is 48.5 Å². The molecule has 0 heterocycles. The van der Waals surface area contributed by atoms with Crippen LogP contribution in [0.5, 0.6) is 0 Å². The second-order valence-corrected chi connectivity index (χ2v) is 9.46. The van der Waals surface area contributed by atoms with Crippen molar-refractivity contribution in [1.82, 2.24) is 0 Å². The molecule has 158 valence electrons. The number of ether oxygens (including phenoxy) is 2. The lowest BCUT2D eigenvalue weighted by atomic mass is 9.92. The summed E-state index contributed by atoms with van der Waals surface area (Å²) in [6, 6.07) is 15.9. The molecule has 0 saturated carbocycles. The predicted octanol–water partition coefficient (Wildman–Crippen LogP) is 4.40. The van der Waals surface area contributed by atoms with Crippen LogP contribution in [0.2, 0.25) is 0 Å². The van der Waals surface area contributed by atoms with Gasteiger partial charge in [-0.05, 0) is 24.1 Å². The molecule has 4 nitrogen and oxygen atoms in total. The van der Waals surface area contributed by atoms with Crippen molar-refractivity contribution in [3.8, 4) is 11.8 Å². The molecule has 3 rings (SSSR count). The Balaban J connectivity index is 1.51. The van der Waals surface area contributed by atoms with Gasteiger partial charge in [0.1, 0.15) is 6.10 Å². The van der Waals surface area contributed by atoms with Crippen molar-refractivity contribution in [3.05, 3.63) is 70.8 Å². The summed E-state index contributed by atoms with van der Waals surface area (Å²) in [6.45, 7) is 1.38. The minimum atomic E-state index is -0.342. The van der Waals surface area contributed by atoms with Gasteiger partial charge in [-0.3, -0.25) is 4.79 Å². The molecule has 2 aromatic rings. The fourth-order valence-electron chi connectivity index (χ4n) is 3.15.